The lowest BCUT2D eigenvalue weighted by atomic mass is 9.67. The number of amides is 2. The number of carbonyl (C=O) groups excluding carboxylic acids is 2. The molecule has 0 unspecified atom stereocenters. The predicted octanol–water partition coefficient (Wildman–Crippen LogP) is 8.03. The number of aromatic hydroxyl groups is 1. The lowest BCUT2D eigenvalue weighted by Crippen LogP contribution is -2.39. The van der Waals surface area contributed by atoms with Crippen LogP contribution in [0.2, 0.25) is 0 Å². The number of benzene rings is 3. The molecule has 1 aliphatic heterocycles. The average molecular weight is 688 g/mol. The minimum atomic E-state index is -5.19. The first-order valence-corrected chi connectivity index (χ1v) is 15.9. The molecular formula is C37H35F6NO5. The molecule has 1 fully saturated rings. The van der Waals surface area contributed by atoms with Gasteiger partial charge in [-0.05, 0) is 78.3 Å². The van der Waals surface area contributed by atoms with Gasteiger partial charge in [0.2, 0.25) is 11.8 Å². The highest BCUT2D eigenvalue weighted by Crippen LogP contribution is 2.49. The molecule has 0 aromatic heterocycles. The van der Waals surface area contributed by atoms with E-state index in [0.717, 1.165) is 16.7 Å². The molecule has 0 saturated carbocycles. The number of hydrogen-bond acceptors (Lipinski definition) is 5. The summed E-state index contributed by atoms with van der Waals surface area (Å²) in [7, 11) is 0. The molecule has 4 atom stereocenters. The van der Waals surface area contributed by atoms with Crippen LogP contribution in [0.1, 0.15) is 61.3 Å². The fourth-order valence-corrected chi connectivity index (χ4v) is 6.99. The highest BCUT2D eigenvalue weighted by atomic mass is 19.4. The Balaban J connectivity index is 1.48. The third-order valence-electron chi connectivity index (χ3n) is 9.19. The number of phenols is 1. The summed E-state index contributed by atoms with van der Waals surface area (Å²) in [6, 6.07) is 16.5. The van der Waals surface area contributed by atoms with Crippen LogP contribution in [-0.2, 0) is 21.9 Å². The number of aliphatic hydroxyl groups is 2. The van der Waals surface area contributed by atoms with E-state index in [-0.39, 0.29) is 24.7 Å². The van der Waals surface area contributed by atoms with Gasteiger partial charge in [0.15, 0.2) is 0 Å². The minimum absolute atomic E-state index is 0.0392. The molecule has 3 aromatic rings. The average Bonchev–Trinajstić information content (AvgIpc) is 3.31. The second-order valence-corrected chi connectivity index (χ2v) is 12.4. The number of alkyl halides is 6. The monoisotopic (exact) mass is 687 g/mol. The molecule has 2 amide bonds. The largest absolute Gasteiger partial charge is 0.508 e. The van der Waals surface area contributed by atoms with Gasteiger partial charge in [0.1, 0.15) is 5.75 Å². The van der Waals surface area contributed by atoms with Crippen molar-refractivity contribution in [3.8, 4) is 5.75 Å². The number of anilines is 1. The Morgan fingerprint density at radius 2 is 1.53 bits per heavy atom. The van der Waals surface area contributed by atoms with Gasteiger partial charge in [0.05, 0.1) is 41.4 Å². The number of nitrogens with zero attached hydrogens (tertiary/aromatic N) is 1. The van der Waals surface area contributed by atoms with Crippen LogP contribution in [0.4, 0.5) is 32.0 Å². The Kier molecular flexibility index (Phi) is 10.4. The Labute approximate surface area is 279 Å². The highest BCUT2D eigenvalue weighted by molar-refractivity contribution is 6.22. The van der Waals surface area contributed by atoms with Crippen molar-refractivity contribution in [1.82, 2.24) is 0 Å². The first-order chi connectivity index (χ1) is 23.1. The molecular weight excluding hydrogens is 652 g/mol. The van der Waals surface area contributed by atoms with Gasteiger partial charge in [0, 0.05) is 5.92 Å². The van der Waals surface area contributed by atoms with Gasteiger partial charge in [-0.1, -0.05) is 67.5 Å². The van der Waals surface area contributed by atoms with Crippen LogP contribution in [0.25, 0.3) is 11.6 Å². The number of hydrogen-bond donors (Lipinski definition) is 3. The molecule has 6 nitrogen and oxygen atoms in total. The summed E-state index contributed by atoms with van der Waals surface area (Å²) >= 11 is 0. The van der Waals surface area contributed by atoms with Crippen LogP contribution in [-0.4, -0.2) is 39.8 Å². The quantitative estimate of drug-likeness (QED) is 0.0868. The number of carbonyl (C=O) groups is 2. The summed E-state index contributed by atoms with van der Waals surface area (Å²) in [6.07, 6.45) is -8.25. The van der Waals surface area contributed by atoms with E-state index in [1.165, 1.54) is 0 Å². The molecule has 0 radical (unpaired) electrons. The summed E-state index contributed by atoms with van der Waals surface area (Å²) in [5.41, 5.74) is -0.671. The fraction of sp³-hybridized carbons (Fsp3) is 0.351. The van der Waals surface area contributed by atoms with E-state index < -0.39 is 71.4 Å². The Hall–Kier alpha value is -4.42. The number of rotatable bonds is 10. The van der Waals surface area contributed by atoms with Crippen molar-refractivity contribution in [2.45, 2.75) is 57.5 Å². The maximum absolute atomic E-state index is 13.9. The number of phenolic OH excluding ortho intramolecular Hbond substituents is 1. The van der Waals surface area contributed by atoms with Gasteiger partial charge in [-0.3, -0.25) is 9.59 Å². The number of halogens is 6. The van der Waals surface area contributed by atoms with Crippen molar-refractivity contribution in [3.63, 3.8) is 0 Å². The second kappa shape index (κ2) is 14.2. The van der Waals surface area contributed by atoms with Gasteiger partial charge in [-0.15, -0.1) is 0 Å². The highest BCUT2D eigenvalue weighted by Gasteiger charge is 2.55. The summed E-state index contributed by atoms with van der Waals surface area (Å²) in [5.74, 6) is -5.41. The van der Waals surface area contributed by atoms with Gasteiger partial charge >= 0.3 is 12.4 Å². The van der Waals surface area contributed by atoms with Crippen molar-refractivity contribution in [1.29, 1.82) is 0 Å². The van der Waals surface area contributed by atoms with E-state index in [1.54, 1.807) is 24.3 Å². The molecule has 0 bridgehead atoms. The first-order valence-electron chi connectivity index (χ1n) is 15.9. The maximum atomic E-state index is 13.9. The number of fused-ring (bicyclic) bond motifs is 1. The molecule has 2 aliphatic rings. The predicted molar refractivity (Wildman–Crippen MR) is 171 cm³/mol. The van der Waals surface area contributed by atoms with Crippen molar-refractivity contribution in [3.05, 3.63) is 106 Å². The van der Waals surface area contributed by atoms with E-state index in [4.69, 9.17) is 0 Å². The smallest absolute Gasteiger partial charge is 0.416 e. The normalized spacial score (nSPS) is 21.0. The first kappa shape index (κ1) is 35.9. The van der Waals surface area contributed by atoms with Crippen molar-refractivity contribution in [2.75, 3.05) is 11.5 Å². The summed E-state index contributed by atoms with van der Waals surface area (Å²) in [5, 5.41) is 32.0. The second-order valence-electron chi connectivity index (χ2n) is 12.4. The van der Waals surface area contributed by atoms with E-state index in [2.05, 4.69) is 0 Å². The van der Waals surface area contributed by atoms with E-state index in [0.29, 0.717) is 47.4 Å². The third kappa shape index (κ3) is 7.60. The lowest BCUT2D eigenvalue weighted by Gasteiger charge is -2.36. The molecule has 260 valence electrons. The van der Waals surface area contributed by atoms with Gasteiger partial charge < -0.3 is 15.3 Å². The SMILES string of the molecule is CCCC1=C([C@H](O)CC/C(=C/c2ccc(O)cc2)c2ccccc2)[C@H](CO)[C@@H]2C(=O)N(c3cc(C(F)(F)F)cc(C(F)(F)F)c3)C(=O)[C@@H]2C1. The summed E-state index contributed by atoms with van der Waals surface area (Å²) in [6.45, 7) is 1.18. The van der Waals surface area contributed by atoms with Crippen LogP contribution in [0.3, 0.4) is 0 Å². The topological polar surface area (TPSA) is 98.1 Å². The van der Waals surface area contributed by atoms with Gasteiger partial charge in [0.25, 0.3) is 0 Å². The number of allylic oxidation sites excluding steroid dienone is 2. The zero-order chi connectivity index (χ0) is 35.7. The number of aliphatic hydroxyl groups excluding tert-OH is 2. The molecule has 12 heteroatoms. The van der Waals surface area contributed by atoms with Gasteiger partial charge in [-0.25, -0.2) is 4.90 Å². The van der Waals surface area contributed by atoms with E-state index in [1.807, 2.05) is 43.3 Å². The summed E-state index contributed by atoms with van der Waals surface area (Å²) in [4.78, 5) is 27.9. The van der Waals surface area contributed by atoms with Crippen LogP contribution in [0.15, 0.2) is 83.9 Å². The molecule has 3 N–H and O–H groups in total. The van der Waals surface area contributed by atoms with Crippen LogP contribution in [0, 0.1) is 17.8 Å². The number of imide groups is 1. The molecule has 0 spiro atoms. The molecule has 5 rings (SSSR count). The Morgan fingerprint density at radius 1 is 0.918 bits per heavy atom. The standard InChI is InChI=1S/C37H35F6NO5/c1-2-6-24-16-29-33(35(49)44(34(29)48)27-18-25(36(38,39)40)17-26(19-27)37(41,42)43)30(20-45)32(24)31(47)14-11-23(22-7-4-3-5-8-22)15-21-9-12-28(46)13-10-21/h3-5,7-10,12-13,15,17-19,29-31,33,45-47H,2,6,11,14,16,20H2,1H3/b23-15-/t29-,30+,31-,33-/m1/s1. The van der Waals surface area contributed by atoms with Crippen molar-refractivity contribution in [2.24, 2.45) is 17.8 Å². The van der Waals surface area contributed by atoms with Crippen molar-refractivity contribution < 1.29 is 51.3 Å². The summed E-state index contributed by atoms with van der Waals surface area (Å²) < 4.78 is 81.9. The van der Waals surface area contributed by atoms with Gasteiger partial charge in [-0.2, -0.15) is 26.3 Å². The zero-order valence-electron chi connectivity index (χ0n) is 26.4. The third-order valence-corrected chi connectivity index (χ3v) is 9.19. The van der Waals surface area contributed by atoms with Crippen LogP contribution < -0.4 is 4.90 Å². The molecule has 1 saturated heterocycles. The molecule has 3 aromatic carbocycles. The van der Waals surface area contributed by atoms with Crippen molar-refractivity contribution >= 4 is 29.2 Å². The molecule has 1 aliphatic carbocycles. The zero-order valence-corrected chi connectivity index (χ0v) is 26.4. The van der Waals surface area contributed by atoms with Crippen LogP contribution >= 0.6 is 0 Å². The van der Waals surface area contributed by atoms with Crippen LogP contribution in [0.5, 0.6) is 5.75 Å². The van der Waals surface area contributed by atoms with E-state index in [9.17, 15) is 51.3 Å². The lowest BCUT2D eigenvalue weighted by molar-refractivity contribution is -0.143. The fourth-order valence-electron chi connectivity index (χ4n) is 6.99. The molecule has 1 heterocycles. The molecule has 49 heavy (non-hydrogen) atoms. The van der Waals surface area contributed by atoms with E-state index >= 15 is 0 Å². The maximum Gasteiger partial charge on any atom is 0.416 e. The Bertz CT molecular complexity index is 1720. The minimum Gasteiger partial charge on any atom is -0.508 e. The Morgan fingerprint density at radius 3 is 2.08 bits per heavy atom.